The van der Waals surface area contributed by atoms with E-state index in [4.69, 9.17) is 5.73 Å². The Morgan fingerprint density at radius 1 is 1.37 bits per heavy atom. The Morgan fingerprint density at radius 2 is 2.11 bits per heavy atom. The van der Waals surface area contributed by atoms with E-state index in [-0.39, 0.29) is 0 Å². The van der Waals surface area contributed by atoms with Crippen molar-refractivity contribution in [2.45, 2.75) is 19.1 Å². The third-order valence-electron chi connectivity index (χ3n) is 2.65. The van der Waals surface area contributed by atoms with Crippen LogP contribution in [0.4, 0.5) is 13.2 Å². The minimum absolute atomic E-state index is 0.344. The molecule has 8 heteroatoms. The number of aromatic nitrogens is 4. The summed E-state index contributed by atoms with van der Waals surface area (Å²) in [6.45, 7) is 0.741. The molecule has 0 radical (unpaired) electrons. The van der Waals surface area contributed by atoms with Crippen molar-refractivity contribution in [1.82, 2.24) is 19.6 Å². The van der Waals surface area contributed by atoms with Gasteiger partial charge in [0, 0.05) is 25.4 Å². The maximum atomic E-state index is 12.7. The maximum Gasteiger partial charge on any atom is 0.435 e. The number of nitrogens with zero attached hydrogens (tertiary/aromatic N) is 4. The lowest BCUT2D eigenvalue weighted by Gasteiger charge is -2.04. The molecule has 2 heterocycles. The number of hydrogen-bond acceptors (Lipinski definition) is 3. The van der Waals surface area contributed by atoms with E-state index in [9.17, 15) is 13.2 Å². The number of aryl methyl sites for hydroxylation is 2. The minimum atomic E-state index is -4.45. The molecule has 0 aromatic carbocycles. The Morgan fingerprint density at radius 3 is 2.63 bits per heavy atom. The maximum absolute atomic E-state index is 12.7. The monoisotopic (exact) mass is 273 g/mol. The lowest BCUT2D eigenvalue weighted by molar-refractivity contribution is -0.141. The predicted octanol–water partition coefficient (Wildman–Crippen LogP) is 1.65. The van der Waals surface area contributed by atoms with Crippen LogP contribution in [0.15, 0.2) is 18.5 Å². The lowest BCUT2D eigenvalue weighted by atomic mass is 10.2. The average molecular weight is 273 g/mol. The highest BCUT2D eigenvalue weighted by Gasteiger charge is 2.35. The summed E-state index contributed by atoms with van der Waals surface area (Å²) in [6, 6.07) is 1.04. The summed E-state index contributed by atoms with van der Waals surface area (Å²) in [5, 5.41) is 7.56. The first-order chi connectivity index (χ1) is 8.91. The Bertz CT molecular complexity index is 555. The van der Waals surface area contributed by atoms with E-state index in [2.05, 4.69) is 10.2 Å². The van der Waals surface area contributed by atoms with Gasteiger partial charge in [-0.1, -0.05) is 0 Å². The first-order valence-corrected chi connectivity index (χ1v) is 5.76. The quantitative estimate of drug-likeness (QED) is 0.921. The zero-order valence-corrected chi connectivity index (χ0v) is 10.4. The molecule has 0 bridgehead atoms. The summed E-state index contributed by atoms with van der Waals surface area (Å²) in [5.41, 5.74) is 5.48. The zero-order valence-electron chi connectivity index (χ0n) is 10.4. The number of alkyl halides is 3. The molecule has 0 aliphatic heterocycles. The molecular formula is C11H14F3N5. The largest absolute Gasteiger partial charge is 0.435 e. The van der Waals surface area contributed by atoms with Gasteiger partial charge < -0.3 is 5.73 Å². The van der Waals surface area contributed by atoms with Crippen LogP contribution in [0.1, 0.15) is 12.1 Å². The fourth-order valence-corrected chi connectivity index (χ4v) is 1.75. The van der Waals surface area contributed by atoms with Gasteiger partial charge in [0.25, 0.3) is 0 Å². The van der Waals surface area contributed by atoms with Gasteiger partial charge in [-0.15, -0.1) is 0 Å². The Balaban J connectivity index is 2.42. The summed E-state index contributed by atoms with van der Waals surface area (Å²) < 4.78 is 41.0. The smallest absolute Gasteiger partial charge is 0.330 e. The van der Waals surface area contributed by atoms with E-state index in [0.717, 1.165) is 6.07 Å². The normalized spacial score (nSPS) is 12.1. The third kappa shape index (κ3) is 2.95. The molecule has 2 N–H and O–H groups in total. The van der Waals surface area contributed by atoms with E-state index in [1.54, 1.807) is 13.2 Å². The van der Waals surface area contributed by atoms with Crippen molar-refractivity contribution < 1.29 is 13.2 Å². The predicted molar refractivity (Wildman–Crippen MR) is 63.1 cm³/mol. The van der Waals surface area contributed by atoms with E-state index in [0.29, 0.717) is 30.8 Å². The van der Waals surface area contributed by atoms with E-state index >= 15 is 0 Å². The first kappa shape index (κ1) is 13.6. The Labute approximate surface area is 107 Å². The highest BCUT2D eigenvalue weighted by Crippen LogP contribution is 2.31. The molecule has 5 nitrogen and oxygen atoms in total. The van der Waals surface area contributed by atoms with Gasteiger partial charge in [0.1, 0.15) is 0 Å². The van der Waals surface area contributed by atoms with Gasteiger partial charge >= 0.3 is 6.18 Å². The molecule has 2 rings (SSSR count). The molecule has 0 saturated heterocycles. The highest BCUT2D eigenvalue weighted by atomic mass is 19.4. The van der Waals surface area contributed by atoms with Crippen molar-refractivity contribution in [3.8, 4) is 11.3 Å². The molecule has 0 saturated carbocycles. The van der Waals surface area contributed by atoms with Crippen LogP contribution in [0.5, 0.6) is 0 Å². The molecule has 0 aliphatic rings. The lowest BCUT2D eigenvalue weighted by Crippen LogP contribution is -2.10. The van der Waals surface area contributed by atoms with Crippen molar-refractivity contribution in [2.24, 2.45) is 12.8 Å². The van der Waals surface area contributed by atoms with Crippen molar-refractivity contribution in [3.05, 3.63) is 24.2 Å². The second-order valence-corrected chi connectivity index (χ2v) is 4.18. The van der Waals surface area contributed by atoms with Crippen molar-refractivity contribution in [3.63, 3.8) is 0 Å². The second-order valence-electron chi connectivity index (χ2n) is 4.18. The zero-order chi connectivity index (χ0) is 14.0. The van der Waals surface area contributed by atoms with Crippen LogP contribution in [-0.4, -0.2) is 26.1 Å². The fourth-order valence-electron chi connectivity index (χ4n) is 1.75. The number of hydrogen-bond donors (Lipinski definition) is 1. The molecule has 0 fully saturated rings. The molecule has 0 aliphatic carbocycles. The molecule has 0 unspecified atom stereocenters. The van der Waals surface area contributed by atoms with Crippen LogP contribution in [-0.2, 0) is 19.8 Å². The molecule has 104 valence electrons. The van der Waals surface area contributed by atoms with E-state index in [1.165, 1.54) is 15.6 Å². The third-order valence-corrected chi connectivity index (χ3v) is 2.65. The van der Waals surface area contributed by atoms with Crippen LogP contribution in [0.3, 0.4) is 0 Å². The number of rotatable bonds is 4. The highest BCUT2D eigenvalue weighted by molar-refractivity contribution is 5.58. The van der Waals surface area contributed by atoms with Gasteiger partial charge in [0.15, 0.2) is 5.69 Å². The summed E-state index contributed by atoms with van der Waals surface area (Å²) >= 11 is 0. The van der Waals surface area contributed by atoms with Gasteiger partial charge in [0.05, 0.1) is 11.9 Å². The van der Waals surface area contributed by atoms with Gasteiger partial charge in [-0.3, -0.25) is 9.36 Å². The van der Waals surface area contributed by atoms with Crippen LogP contribution in [0, 0.1) is 0 Å². The van der Waals surface area contributed by atoms with Crippen molar-refractivity contribution in [2.75, 3.05) is 6.54 Å². The topological polar surface area (TPSA) is 61.7 Å². The van der Waals surface area contributed by atoms with E-state index < -0.39 is 11.9 Å². The standard InChI is InChI=1S/C11H14F3N5/c1-18-7-8(6-16-18)9-5-10(11(12,13)14)17-19(9)4-2-3-15/h5-7H,2-4,15H2,1H3. The fraction of sp³-hybridized carbons (Fsp3) is 0.455. The van der Waals surface area contributed by atoms with Gasteiger partial charge in [-0.2, -0.15) is 23.4 Å². The van der Waals surface area contributed by atoms with Crippen molar-refractivity contribution >= 4 is 0 Å². The molecule has 19 heavy (non-hydrogen) atoms. The average Bonchev–Trinajstić information content (AvgIpc) is 2.91. The molecular weight excluding hydrogens is 259 g/mol. The Kier molecular flexibility index (Phi) is 3.61. The summed E-state index contributed by atoms with van der Waals surface area (Å²) in [7, 11) is 1.70. The van der Waals surface area contributed by atoms with Crippen LogP contribution < -0.4 is 5.73 Å². The summed E-state index contributed by atoms with van der Waals surface area (Å²) in [6.07, 6.45) is -0.733. The summed E-state index contributed by atoms with van der Waals surface area (Å²) in [4.78, 5) is 0. The SMILES string of the molecule is Cn1cc(-c2cc(C(F)(F)F)nn2CCCN)cn1. The molecule has 0 amide bonds. The molecule has 2 aromatic rings. The first-order valence-electron chi connectivity index (χ1n) is 5.76. The van der Waals surface area contributed by atoms with Crippen LogP contribution >= 0.6 is 0 Å². The molecule has 0 spiro atoms. The summed E-state index contributed by atoms with van der Waals surface area (Å²) in [5.74, 6) is 0. The second kappa shape index (κ2) is 5.04. The van der Waals surface area contributed by atoms with Gasteiger partial charge in [-0.05, 0) is 19.0 Å². The van der Waals surface area contributed by atoms with Gasteiger partial charge in [-0.25, -0.2) is 0 Å². The molecule has 0 atom stereocenters. The van der Waals surface area contributed by atoms with E-state index in [1.807, 2.05) is 0 Å². The number of nitrogens with two attached hydrogens (primary N) is 1. The van der Waals surface area contributed by atoms with Crippen LogP contribution in [0.25, 0.3) is 11.3 Å². The number of halogens is 3. The minimum Gasteiger partial charge on any atom is -0.330 e. The Hall–Kier alpha value is -1.83. The van der Waals surface area contributed by atoms with Crippen molar-refractivity contribution in [1.29, 1.82) is 0 Å². The van der Waals surface area contributed by atoms with Gasteiger partial charge in [0.2, 0.25) is 0 Å². The molecule has 2 aromatic heterocycles. The van der Waals surface area contributed by atoms with Crippen LogP contribution in [0.2, 0.25) is 0 Å².